The first-order valence-electron chi connectivity index (χ1n) is 5.73. The van der Waals surface area contributed by atoms with Crippen molar-refractivity contribution in [2.24, 2.45) is 0 Å². The van der Waals surface area contributed by atoms with Gasteiger partial charge in [-0.05, 0) is 31.0 Å². The Morgan fingerprint density at radius 1 is 1.26 bits per heavy atom. The SMILES string of the molecule is FC(F)(F)c1ccc(Br)c(-c2nncn2C2CC2)c1. The van der Waals surface area contributed by atoms with Gasteiger partial charge in [-0.15, -0.1) is 10.2 Å². The predicted octanol–water partition coefficient (Wildman–Crippen LogP) is 4.06. The number of hydrogen-bond acceptors (Lipinski definition) is 2. The van der Waals surface area contributed by atoms with E-state index in [4.69, 9.17) is 0 Å². The molecule has 1 fully saturated rings. The van der Waals surface area contributed by atoms with Gasteiger partial charge >= 0.3 is 6.18 Å². The van der Waals surface area contributed by atoms with E-state index in [1.165, 1.54) is 6.07 Å². The van der Waals surface area contributed by atoms with Gasteiger partial charge in [-0.25, -0.2) is 0 Å². The van der Waals surface area contributed by atoms with E-state index in [1.54, 1.807) is 6.33 Å². The molecule has 19 heavy (non-hydrogen) atoms. The van der Waals surface area contributed by atoms with E-state index in [9.17, 15) is 13.2 Å². The molecule has 2 aromatic rings. The van der Waals surface area contributed by atoms with Crippen molar-refractivity contribution in [2.75, 3.05) is 0 Å². The highest BCUT2D eigenvalue weighted by Crippen LogP contribution is 2.40. The van der Waals surface area contributed by atoms with Crippen LogP contribution in [0.15, 0.2) is 29.0 Å². The van der Waals surface area contributed by atoms with Gasteiger partial charge < -0.3 is 4.57 Å². The van der Waals surface area contributed by atoms with Crippen LogP contribution in [0.2, 0.25) is 0 Å². The van der Waals surface area contributed by atoms with Crippen LogP contribution in [0.5, 0.6) is 0 Å². The minimum Gasteiger partial charge on any atom is -0.310 e. The molecule has 0 radical (unpaired) electrons. The summed E-state index contributed by atoms with van der Waals surface area (Å²) in [4.78, 5) is 0. The van der Waals surface area contributed by atoms with Gasteiger partial charge in [-0.2, -0.15) is 13.2 Å². The first-order valence-corrected chi connectivity index (χ1v) is 6.53. The zero-order chi connectivity index (χ0) is 13.6. The summed E-state index contributed by atoms with van der Waals surface area (Å²) in [5, 5.41) is 7.75. The molecule has 3 rings (SSSR count). The summed E-state index contributed by atoms with van der Waals surface area (Å²) in [6, 6.07) is 3.86. The largest absolute Gasteiger partial charge is 0.416 e. The Kier molecular flexibility index (Phi) is 2.88. The Balaban J connectivity index is 2.10. The monoisotopic (exact) mass is 331 g/mol. The smallest absolute Gasteiger partial charge is 0.310 e. The van der Waals surface area contributed by atoms with E-state index >= 15 is 0 Å². The molecule has 0 bridgehead atoms. The summed E-state index contributed by atoms with van der Waals surface area (Å²) in [5.41, 5.74) is -0.268. The normalized spacial score (nSPS) is 15.8. The minimum absolute atomic E-state index is 0.312. The van der Waals surface area contributed by atoms with Crippen LogP contribution in [0.3, 0.4) is 0 Å². The third-order valence-corrected chi connectivity index (χ3v) is 3.74. The third-order valence-electron chi connectivity index (χ3n) is 3.05. The van der Waals surface area contributed by atoms with Crippen molar-refractivity contribution >= 4 is 15.9 Å². The van der Waals surface area contributed by atoms with E-state index in [0.717, 1.165) is 25.0 Å². The van der Waals surface area contributed by atoms with Crippen molar-refractivity contribution in [3.63, 3.8) is 0 Å². The molecule has 100 valence electrons. The van der Waals surface area contributed by atoms with E-state index in [-0.39, 0.29) is 0 Å². The van der Waals surface area contributed by atoms with Gasteiger partial charge in [-0.1, -0.05) is 15.9 Å². The van der Waals surface area contributed by atoms with Crippen molar-refractivity contribution < 1.29 is 13.2 Å². The highest BCUT2D eigenvalue weighted by atomic mass is 79.9. The molecule has 0 N–H and O–H groups in total. The van der Waals surface area contributed by atoms with E-state index < -0.39 is 11.7 Å². The number of aromatic nitrogens is 3. The lowest BCUT2D eigenvalue weighted by atomic mass is 10.1. The fraction of sp³-hybridized carbons (Fsp3) is 0.333. The van der Waals surface area contributed by atoms with Gasteiger partial charge in [0.25, 0.3) is 0 Å². The maximum atomic E-state index is 12.8. The fourth-order valence-electron chi connectivity index (χ4n) is 1.93. The van der Waals surface area contributed by atoms with Crippen LogP contribution < -0.4 is 0 Å². The number of hydrogen-bond donors (Lipinski definition) is 0. The molecule has 1 aliphatic rings. The number of alkyl halides is 3. The average molecular weight is 332 g/mol. The Morgan fingerprint density at radius 2 is 2.00 bits per heavy atom. The second kappa shape index (κ2) is 4.33. The van der Waals surface area contributed by atoms with Crippen LogP contribution in [0.25, 0.3) is 11.4 Å². The summed E-state index contributed by atoms with van der Waals surface area (Å²) in [6.07, 6.45) is -0.761. The van der Waals surface area contributed by atoms with Gasteiger partial charge in [0.2, 0.25) is 0 Å². The van der Waals surface area contributed by atoms with Crippen LogP contribution >= 0.6 is 15.9 Å². The predicted molar refractivity (Wildman–Crippen MR) is 66.4 cm³/mol. The molecule has 0 amide bonds. The van der Waals surface area contributed by atoms with E-state index in [0.29, 0.717) is 21.9 Å². The molecule has 3 nitrogen and oxygen atoms in total. The molecule has 1 aromatic heterocycles. The molecule has 1 aromatic carbocycles. The van der Waals surface area contributed by atoms with E-state index in [2.05, 4.69) is 26.1 Å². The van der Waals surface area contributed by atoms with Crippen molar-refractivity contribution in [3.05, 3.63) is 34.6 Å². The molecule has 0 saturated heterocycles. The summed E-state index contributed by atoms with van der Waals surface area (Å²) < 4.78 is 40.7. The van der Waals surface area contributed by atoms with Crippen molar-refractivity contribution in [2.45, 2.75) is 25.1 Å². The molecular formula is C12H9BrF3N3. The first-order chi connectivity index (χ1) is 8.97. The average Bonchev–Trinajstić information content (AvgIpc) is 3.07. The van der Waals surface area contributed by atoms with Crippen LogP contribution in [-0.2, 0) is 6.18 Å². The number of halogens is 4. The molecule has 0 unspecified atom stereocenters. The maximum Gasteiger partial charge on any atom is 0.416 e. The topological polar surface area (TPSA) is 30.7 Å². The lowest BCUT2D eigenvalue weighted by Crippen LogP contribution is -2.06. The van der Waals surface area contributed by atoms with Crippen LogP contribution in [0.4, 0.5) is 13.2 Å². The fourth-order valence-corrected chi connectivity index (χ4v) is 2.35. The number of benzene rings is 1. The zero-order valence-corrected chi connectivity index (χ0v) is 11.2. The molecule has 0 spiro atoms. The quantitative estimate of drug-likeness (QED) is 0.830. The Bertz CT molecular complexity index is 617. The molecular weight excluding hydrogens is 323 g/mol. The number of nitrogens with zero attached hydrogens (tertiary/aromatic N) is 3. The third kappa shape index (κ3) is 2.39. The zero-order valence-electron chi connectivity index (χ0n) is 9.65. The molecule has 1 heterocycles. The van der Waals surface area contributed by atoms with Crippen molar-refractivity contribution in [3.8, 4) is 11.4 Å². The highest BCUT2D eigenvalue weighted by molar-refractivity contribution is 9.10. The van der Waals surface area contributed by atoms with Gasteiger partial charge in [0.1, 0.15) is 6.33 Å². The summed E-state index contributed by atoms with van der Waals surface area (Å²) >= 11 is 3.27. The van der Waals surface area contributed by atoms with Gasteiger partial charge in [0, 0.05) is 16.1 Å². The summed E-state index contributed by atoms with van der Waals surface area (Å²) in [6.45, 7) is 0. The van der Waals surface area contributed by atoms with Crippen LogP contribution in [0, 0.1) is 0 Å². The van der Waals surface area contributed by atoms with E-state index in [1.807, 2.05) is 4.57 Å². The molecule has 0 atom stereocenters. The molecule has 7 heteroatoms. The maximum absolute atomic E-state index is 12.8. The lowest BCUT2D eigenvalue weighted by Gasteiger charge is -2.11. The standard InChI is InChI=1S/C12H9BrF3N3/c13-10-4-1-7(12(14,15)16)5-9(10)11-18-17-6-19(11)8-2-3-8/h1,4-6,8H,2-3H2. The number of rotatable bonds is 2. The van der Waals surface area contributed by atoms with Crippen LogP contribution in [-0.4, -0.2) is 14.8 Å². The Labute approximate surface area is 115 Å². The first kappa shape index (κ1) is 12.7. The van der Waals surface area contributed by atoms with Gasteiger partial charge in [0.15, 0.2) is 5.82 Å². The summed E-state index contributed by atoms with van der Waals surface area (Å²) in [7, 11) is 0. The Morgan fingerprint density at radius 3 is 2.63 bits per heavy atom. The van der Waals surface area contributed by atoms with Crippen molar-refractivity contribution in [1.82, 2.24) is 14.8 Å². The molecule has 0 aliphatic heterocycles. The van der Waals surface area contributed by atoms with Gasteiger partial charge in [-0.3, -0.25) is 0 Å². The second-order valence-electron chi connectivity index (χ2n) is 4.49. The summed E-state index contributed by atoms with van der Waals surface area (Å²) in [5.74, 6) is 0.473. The highest BCUT2D eigenvalue weighted by Gasteiger charge is 2.32. The van der Waals surface area contributed by atoms with Gasteiger partial charge in [0.05, 0.1) is 5.56 Å². The molecule has 1 saturated carbocycles. The van der Waals surface area contributed by atoms with Crippen LogP contribution in [0.1, 0.15) is 24.4 Å². The molecule has 1 aliphatic carbocycles. The minimum atomic E-state index is -4.36. The Hall–Kier alpha value is -1.37. The lowest BCUT2D eigenvalue weighted by molar-refractivity contribution is -0.137. The van der Waals surface area contributed by atoms with Crippen molar-refractivity contribution in [1.29, 1.82) is 0 Å². The second-order valence-corrected chi connectivity index (χ2v) is 5.34.